The van der Waals surface area contributed by atoms with Gasteiger partial charge in [-0.3, -0.25) is 0 Å². The molecule has 0 bridgehead atoms. The summed E-state index contributed by atoms with van der Waals surface area (Å²) in [6.07, 6.45) is 17.6. The first-order valence-corrected chi connectivity index (χ1v) is 10.2. The van der Waals surface area contributed by atoms with Crippen molar-refractivity contribution in [2.45, 2.75) is 83.5 Å². The molecule has 2 aliphatic rings. The van der Waals surface area contributed by atoms with Gasteiger partial charge in [0.1, 0.15) is 5.82 Å². The summed E-state index contributed by atoms with van der Waals surface area (Å²) in [5.41, 5.74) is 3.05. The molecule has 0 radical (unpaired) electrons. The number of hydrogen-bond acceptors (Lipinski definition) is 0. The van der Waals surface area contributed by atoms with Crippen LogP contribution in [0.2, 0.25) is 0 Å². The van der Waals surface area contributed by atoms with Gasteiger partial charge in [0.15, 0.2) is 0 Å². The van der Waals surface area contributed by atoms with Gasteiger partial charge in [-0.1, -0.05) is 56.4 Å². The molecule has 132 valence electrons. The highest BCUT2D eigenvalue weighted by atomic mass is 19.1. The van der Waals surface area contributed by atoms with Crippen LogP contribution in [0, 0.1) is 17.7 Å². The summed E-state index contributed by atoms with van der Waals surface area (Å²) >= 11 is 0. The lowest BCUT2D eigenvalue weighted by atomic mass is 9.73. The third kappa shape index (κ3) is 4.71. The molecule has 0 heterocycles. The van der Waals surface area contributed by atoms with Crippen LogP contribution in [0.25, 0.3) is 0 Å². The molecule has 24 heavy (non-hydrogen) atoms. The lowest BCUT2D eigenvalue weighted by Crippen LogP contribution is -2.18. The SMILES string of the molecule is CCCCC[C@H]1CC[C@H](C2=CCC(c3ccc(F)cc3)CC2)CC1. The topological polar surface area (TPSA) is 0 Å². The summed E-state index contributed by atoms with van der Waals surface area (Å²) in [5.74, 6) is 2.34. The van der Waals surface area contributed by atoms with E-state index in [1.54, 1.807) is 17.7 Å². The number of benzene rings is 1. The Balaban J connectivity index is 1.46. The second kappa shape index (κ2) is 8.83. The van der Waals surface area contributed by atoms with Crippen molar-refractivity contribution in [3.8, 4) is 0 Å². The van der Waals surface area contributed by atoms with Crippen molar-refractivity contribution >= 4 is 0 Å². The van der Waals surface area contributed by atoms with E-state index >= 15 is 0 Å². The average molecular weight is 329 g/mol. The molecule has 0 N–H and O–H groups in total. The second-order valence-corrected chi connectivity index (χ2v) is 8.02. The van der Waals surface area contributed by atoms with E-state index in [1.165, 1.54) is 69.8 Å². The molecule has 0 aromatic heterocycles. The van der Waals surface area contributed by atoms with Crippen molar-refractivity contribution in [3.63, 3.8) is 0 Å². The summed E-state index contributed by atoms with van der Waals surface area (Å²) in [6.45, 7) is 2.30. The van der Waals surface area contributed by atoms with Crippen molar-refractivity contribution in [2.75, 3.05) is 0 Å². The third-order valence-corrected chi connectivity index (χ3v) is 6.37. The zero-order valence-corrected chi connectivity index (χ0v) is 15.3. The van der Waals surface area contributed by atoms with Gasteiger partial charge in [0.2, 0.25) is 0 Å². The lowest BCUT2D eigenvalue weighted by molar-refractivity contribution is 0.275. The zero-order valence-electron chi connectivity index (χ0n) is 15.3. The maximum atomic E-state index is 13.1. The van der Waals surface area contributed by atoms with Gasteiger partial charge in [-0.05, 0) is 80.4 Å². The van der Waals surface area contributed by atoms with Crippen LogP contribution in [0.5, 0.6) is 0 Å². The first-order valence-electron chi connectivity index (χ1n) is 10.2. The van der Waals surface area contributed by atoms with Gasteiger partial charge in [0, 0.05) is 0 Å². The summed E-state index contributed by atoms with van der Waals surface area (Å²) in [4.78, 5) is 0. The Hall–Kier alpha value is -1.11. The number of allylic oxidation sites excluding steroid dienone is 2. The fourth-order valence-electron chi connectivity index (χ4n) is 4.77. The smallest absolute Gasteiger partial charge is 0.123 e. The Morgan fingerprint density at radius 2 is 1.67 bits per heavy atom. The minimum absolute atomic E-state index is 0.124. The molecule has 0 aliphatic heterocycles. The Morgan fingerprint density at radius 3 is 2.29 bits per heavy atom. The molecule has 1 heteroatoms. The number of hydrogen-bond donors (Lipinski definition) is 0. The minimum atomic E-state index is -0.124. The predicted octanol–water partition coefficient (Wildman–Crippen LogP) is 7.41. The average Bonchev–Trinajstić information content (AvgIpc) is 2.63. The Labute approximate surface area is 147 Å². The molecule has 3 rings (SSSR count). The Kier molecular flexibility index (Phi) is 6.51. The Bertz CT molecular complexity index is 519. The van der Waals surface area contributed by atoms with Gasteiger partial charge in [-0.25, -0.2) is 4.39 Å². The fraction of sp³-hybridized carbons (Fsp3) is 0.652. The van der Waals surface area contributed by atoms with E-state index in [-0.39, 0.29) is 5.82 Å². The molecule has 0 spiro atoms. The van der Waals surface area contributed by atoms with E-state index in [9.17, 15) is 4.39 Å². The molecular weight excluding hydrogens is 295 g/mol. The summed E-state index contributed by atoms with van der Waals surface area (Å²) in [7, 11) is 0. The standard InChI is InChI=1S/C23H33F/c1-2-3-4-5-18-6-8-19(9-7-18)20-10-12-21(13-11-20)22-14-16-23(24)17-15-22/h10,14-19,21H,2-9,11-13H2,1H3/t18-,19-,21?. The van der Waals surface area contributed by atoms with Crippen LogP contribution < -0.4 is 0 Å². The molecule has 1 saturated carbocycles. The molecule has 1 fully saturated rings. The van der Waals surface area contributed by atoms with E-state index in [2.05, 4.69) is 13.0 Å². The molecule has 0 nitrogen and oxygen atoms in total. The van der Waals surface area contributed by atoms with E-state index in [1.807, 2.05) is 12.1 Å². The van der Waals surface area contributed by atoms with Gasteiger partial charge in [0.25, 0.3) is 0 Å². The highest BCUT2D eigenvalue weighted by Gasteiger charge is 2.26. The van der Waals surface area contributed by atoms with Crippen LogP contribution in [0.4, 0.5) is 4.39 Å². The first-order chi connectivity index (χ1) is 11.8. The van der Waals surface area contributed by atoms with Crippen LogP contribution in [0.15, 0.2) is 35.9 Å². The lowest BCUT2D eigenvalue weighted by Gasteiger charge is -2.33. The maximum Gasteiger partial charge on any atom is 0.123 e. The molecular formula is C23H33F. The van der Waals surface area contributed by atoms with Crippen LogP contribution >= 0.6 is 0 Å². The van der Waals surface area contributed by atoms with Crippen LogP contribution in [0.1, 0.15) is 89.0 Å². The zero-order chi connectivity index (χ0) is 16.8. The number of halogens is 1. The molecule has 1 aromatic rings. The van der Waals surface area contributed by atoms with Crippen LogP contribution in [-0.4, -0.2) is 0 Å². The maximum absolute atomic E-state index is 13.1. The van der Waals surface area contributed by atoms with Crippen molar-refractivity contribution in [2.24, 2.45) is 11.8 Å². The van der Waals surface area contributed by atoms with Crippen LogP contribution in [0.3, 0.4) is 0 Å². The molecule has 1 unspecified atom stereocenters. The molecule has 0 amide bonds. The second-order valence-electron chi connectivity index (χ2n) is 8.02. The highest BCUT2D eigenvalue weighted by Crippen LogP contribution is 2.41. The van der Waals surface area contributed by atoms with E-state index in [0.29, 0.717) is 5.92 Å². The van der Waals surface area contributed by atoms with E-state index < -0.39 is 0 Å². The van der Waals surface area contributed by atoms with Gasteiger partial charge in [-0.15, -0.1) is 0 Å². The quantitative estimate of drug-likeness (QED) is 0.377. The van der Waals surface area contributed by atoms with Gasteiger partial charge >= 0.3 is 0 Å². The summed E-state index contributed by atoms with van der Waals surface area (Å²) in [5, 5.41) is 0. The normalized spacial score (nSPS) is 27.8. The fourth-order valence-corrected chi connectivity index (χ4v) is 4.77. The monoisotopic (exact) mass is 328 g/mol. The minimum Gasteiger partial charge on any atom is -0.207 e. The summed E-state index contributed by atoms with van der Waals surface area (Å²) < 4.78 is 13.1. The van der Waals surface area contributed by atoms with E-state index in [0.717, 1.165) is 18.3 Å². The molecule has 1 atom stereocenters. The molecule has 2 aliphatic carbocycles. The van der Waals surface area contributed by atoms with Gasteiger partial charge < -0.3 is 0 Å². The highest BCUT2D eigenvalue weighted by molar-refractivity contribution is 5.24. The van der Waals surface area contributed by atoms with Crippen molar-refractivity contribution < 1.29 is 4.39 Å². The first kappa shape index (κ1) is 17.7. The largest absolute Gasteiger partial charge is 0.207 e. The Morgan fingerprint density at radius 1 is 0.917 bits per heavy atom. The van der Waals surface area contributed by atoms with Crippen molar-refractivity contribution in [1.29, 1.82) is 0 Å². The number of rotatable bonds is 6. The van der Waals surface area contributed by atoms with E-state index in [4.69, 9.17) is 0 Å². The molecule has 0 saturated heterocycles. The van der Waals surface area contributed by atoms with Crippen molar-refractivity contribution in [3.05, 3.63) is 47.3 Å². The molecule has 1 aromatic carbocycles. The van der Waals surface area contributed by atoms with Crippen molar-refractivity contribution in [1.82, 2.24) is 0 Å². The van der Waals surface area contributed by atoms with Gasteiger partial charge in [-0.2, -0.15) is 0 Å². The third-order valence-electron chi connectivity index (χ3n) is 6.37. The summed E-state index contributed by atoms with van der Waals surface area (Å²) in [6, 6.07) is 7.16. The predicted molar refractivity (Wildman–Crippen MR) is 101 cm³/mol. The van der Waals surface area contributed by atoms with Crippen LogP contribution in [-0.2, 0) is 0 Å². The van der Waals surface area contributed by atoms with Gasteiger partial charge in [0.05, 0.1) is 0 Å². The number of unbranched alkanes of at least 4 members (excludes halogenated alkanes) is 2.